The van der Waals surface area contributed by atoms with Crippen LogP contribution in [0, 0.1) is 6.92 Å². The van der Waals surface area contributed by atoms with Gasteiger partial charge in [0.2, 0.25) is 0 Å². The molecule has 1 aromatic carbocycles. The fraction of sp³-hybridized carbons (Fsp3) is 0.353. The molecule has 0 aliphatic heterocycles. The number of benzene rings is 1. The standard InChI is InChI=1S/C17H23NO2/c1-6-11-18(17(3,4)5)15-9-7-14(12-13(15)2)8-10-16(19)20/h6-10,12H,1,11H2,2-5H3,(H,19,20)/b10-8+. The summed E-state index contributed by atoms with van der Waals surface area (Å²) in [4.78, 5) is 12.8. The van der Waals surface area contributed by atoms with Gasteiger partial charge in [0, 0.05) is 23.8 Å². The lowest BCUT2D eigenvalue weighted by Crippen LogP contribution is -2.42. The van der Waals surface area contributed by atoms with Crippen molar-refractivity contribution in [1.82, 2.24) is 0 Å². The van der Waals surface area contributed by atoms with E-state index in [9.17, 15) is 4.79 Å². The number of anilines is 1. The zero-order valence-corrected chi connectivity index (χ0v) is 12.7. The molecule has 3 heteroatoms. The predicted octanol–water partition coefficient (Wildman–Crippen LogP) is 3.88. The molecule has 108 valence electrons. The number of carboxylic acid groups (broad SMARTS) is 1. The van der Waals surface area contributed by atoms with E-state index < -0.39 is 5.97 Å². The van der Waals surface area contributed by atoms with E-state index in [0.29, 0.717) is 0 Å². The summed E-state index contributed by atoms with van der Waals surface area (Å²) in [5.74, 6) is -0.935. The average Bonchev–Trinajstić information content (AvgIpc) is 2.33. The highest BCUT2D eigenvalue weighted by Gasteiger charge is 2.21. The van der Waals surface area contributed by atoms with E-state index in [0.717, 1.165) is 29.4 Å². The fourth-order valence-corrected chi connectivity index (χ4v) is 2.12. The van der Waals surface area contributed by atoms with Gasteiger partial charge in [-0.05, 0) is 57.0 Å². The van der Waals surface area contributed by atoms with E-state index >= 15 is 0 Å². The SMILES string of the molecule is C=CCN(c1ccc(/C=C/C(=O)O)cc1C)C(C)(C)C. The van der Waals surface area contributed by atoms with Crippen LogP contribution in [0.1, 0.15) is 31.9 Å². The van der Waals surface area contributed by atoms with Gasteiger partial charge in [0.15, 0.2) is 0 Å². The van der Waals surface area contributed by atoms with Gasteiger partial charge in [-0.1, -0.05) is 12.1 Å². The van der Waals surface area contributed by atoms with Crippen LogP contribution in [0.5, 0.6) is 0 Å². The first kappa shape index (κ1) is 16.0. The third kappa shape index (κ3) is 4.26. The van der Waals surface area contributed by atoms with Crippen molar-refractivity contribution in [2.24, 2.45) is 0 Å². The van der Waals surface area contributed by atoms with Gasteiger partial charge < -0.3 is 10.0 Å². The lowest BCUT2D eigenvalue weighted by atomic mass is 10.0. The highest BCUT2D eigenvalue weighted by atomic mass is 16.4. The van der Waals surface area contributed by atoms with Crippen molar-refractivity contribution in [3.05, 3.63) is 48.1 Å². The van der Waals surface area contributed by atoms with Crippen molar-refractivity contribution in [2.75, 3.05) is 11.4 Å². The molecule has 1 rings (SSSR count). The zero-order valence-electron chi connectivity index (χ0n) is 12.7. The van der Waals surface area contributed by atoms with Gasteiger partial charge in [-0.3, -0.25) is 0 Å². The molecule has 0 bridgehead atoms. The van der Waals surface area contributed by atoms with Crippen LogP contribution < -0.4 is 4.90 Å². The highest BCUT2D eigenvalue weighted by molar-refractivity contribution is 5.85. The van der Waals surface area contributed by atoms with Crippen LogP contribution in [0.4, 0.5) is 5.69 Å². The van der Waals surface area contributed by atoms with Crippen molar-refractivity contribution in [2.45, 2.75) is 33.2 Å². The molecule has 0 amide bonds. The second kappa shape index (κ2) is 6.42. The van der Waals surface area contributed by atoms with Crippen LogP contribution in [0.25, 0.3) is 6.08 Å². The average molecular weight is 273 g/mol. The molecule has 0 spiro atoms. The number of hydrogen-bond acceptors (Lipinski definition) is 2. The van der Waals surface area contributed by atoms with Crippen molar-refractivity contribution < 1.29 is 9.90 Å². The molecule has 0 aliphatic carbocycles. The Hall–Kier alpha value is -2.03. The second-order valence-corrected chi connectivity index (χ2v) is 5.79. The minimum absolute atomic E-state index is 0.00261. The van der Waals surface area contributed by atoms with E-state index in [-0.39, 0.29) is 5.54 Å². The van der Waals surface area contributed by atoms with E-state index in [1.165, 1.54) is 0 Å². The summed E-state index contributed by atoms with van der Waals surface area (Å²) in [6.45, 7) is 13.1. The molecule has 0 saturated carbocycles. The van der Waals surface area contributed by atoms with Crippen LogP contribution in [-0.4, -0.2) is 23.2 Å². The minimum atomic E-state index is -0.935. The van der Waals surface area contributed by atoms with Gasteiger partial charge in [0.25, 0.3) is 0 Å². The Kier molecular flexibility index (Phi) is 5.14. The maximum atomic E-state index is 10.5. The second-order valence-electron chi connectivity index (χ2n) is 5.79. The minimum Gasteiger partial charge on any atom is -0.478 e. The molecule has 0 fully saturated rings. The van der Waals surface area contributed by atoms with Crippen LogP contribution in [0.3, 0.4) is 0 Å². The third-order valence-corrected chi connectivity index (χ3v) is 3.05. The monoisotopic (exact) mass is 273 g/mol. The van der Waals surface area contributed by atoms with Crippen molar-refractivity contribution in [3.63, 3.8) is 0 Å². The molecular weight excluding hydrogens is 250 g/mol. The highest BCUT2D eigenvalue weighted by Crippen LogP contribution is 2.28. The Balaban J connectivity index is 3.13. The predicted molar refractivity (Wildman–Crippen MR) is 85.1 cm³/mol. The molecule has 0 atom stereocenters. The van der Waals surface area contributed by atoms with E-state index in [1.54, 1.807) is 6.08 Å². The number of aryl methyl sites for hydroxylation is 1. The molecule has 3 nitrogen and oxygen atoms in total. The molecule has 1 N–H and O–H groups in total. The molecule has 0 unspecified atom stereocenters. The zero-order chi connectivity index (χ0) is 15.3. The van der Waals surface area contributed by atoms with Crippen molar-refractivity contribution >= 4 is 17.7 Å². The van der Waals surface area contributed by atoms with E-state index in [4.69, 9.17) is 5.11 Å². The molecule has 0 radical (unpaired) electrons. The van der Waals surface area contributed by atoms with Gasteiger partial charge >= 0.3 is 5.97 Å². The number of hydrogen-bond donors (Lipinski definition) is 1. The molecule has 0 aliphatic rings. The Morgan fingerprint density at radius 2 is 2.05 bits per heavy atom. The normalized spacial score (nSPS) is 11.6. The molecule has 0 aromatic heterocycles. The smallest absolute Gasteiger partial charge is 0.328 e. The first-order chi connectivity index (χ1) is 9.25. The molecular formula is C17H23NO2. The van der Waals surface area contributed by atoms with E-state index in [1.807, 2.05) is 31.2 Å². The van der Waals surface area contributed by atoms with Crippen LogP contribution in [0.2, 0.25) is 0 Å². The molecule has 0 saturated heterocycles. The quantitative estimate of drug-likeness (QED) is 0.653. The van der Waals surface area contributed by atoms with Gasteiger partial charge in [0.05, 0.1) is 0 Å². The molecule has 1 aromatic rings. The fourth-order valence-electron chi connectivity index (χ4n) is 2.12. The van der Waals surface area contributed by atoms with Crippen LogP contribution in [0.15, 0.2) is 36.9 Å². The summed E-state index contributed by atoms with van der Waals surface area (Å²) in [5.41, 5.74) is 3.15. The Bertz CT molecular complexity index is 524. The van der Waals surface area contributed by atoms with Crippen LogP contribution >= 0.6 is 0 Å². The first-order valence-corrected chi connectivity index (χ1v) is 6.66. The summed E-state index contributed by atoms with van der Waals surface area (Å²) in [6, 6.07) is 5.96. The molecule has 20 heavy (non-hydrogen) atoms. The number of carboxylic acids is 1. The van der Waals surface area contributed by atoms with Crippen molar-refractivity contribution in [3.8, 4) is 0 Å². The van der Waals surface area contributed by atoms with Gasteiger partial charge in [0.1, 0.15) is 0 Å². The number of carbonyl (C=O) groups is 1. The summed E-state index contributed by atoms with van der Waals surface area (Å²) in [7, 11) is 0. The lowest BCUT2D eigenvalue weighted by molar-refractivity contribution is -0.131. The summed E-state index contributed by atoms with van der Waals surface area (Å²) in [5, 5.41) is 8.66. The maximum absolute atomic E-state index is 10.5. The lowest BCUT2D eigenvalue weighted by Gasteiger charge is -2.38. The van der Waals surface area contributed by atoms with Gasteiger partial charge in [-0.25, -0.2) is 4.79 Å². The van der Waals surface area contributed by atoms with E-state index in [2.05, 4.69) is 32.3 Å². The largest absolute Gasteiger partial charge is 0.478 e. The number of nitrogens with zero attached hydrogens (tertiary/aromatic N) is 1. The summed E-state index contributed by atoms with van der Waals surface area (Å²) in [6.07, 6.45) is 4.65. The first-order valence-electron chi connectivity index (χ1n) is 6.66. The molecule has 0 heterocycles. The maximum Gasteiger partial charge on any atom is 0.328 e. The Morgan fingerprint density at radius 3 is 2.50 bits per heavy atom. The van der Waals surface area contributed by atoms with Crippen molar-refractivity contribution in [1.29, 1.82) is 0 Å². The van der Waals surface area contributed by atoms with Crippen LogP contribution in [-0.2, 0) is 4.79 Å². The topological polar surface area (TPSA) is 40.5 Å². The number of rotatable bonds is 5. The summed E-state index contributed by atoms with van der Waals surface area (Å²) >= 11 is 0. The third-order valence-electron chi connectivity index (χ3n) is 3.05. The Morgan fingerprint density at radius 1 is 1.40 bits per heavy atom. The Labute approximate surface area is 121 Å². The number of aliphatic carboxylic acids is 1. The van der Waals surface area contributed by atoms with Gasteiger partial charge in [-0.15, -0.1) is 6.58 Å². The van der Waals surface area contributed by atoms with Gasteiger partial charge in [-0.2, -0.15) is 0 Å². The summed E-state index contributed by atoms with van der Waals surface area (Å²) < 4.78 is 0.